The molecule has 0 aliphatic heterocycles. The van der Waals surface area contributed by atoms with Gasteiger partial charge in [-0.2, -0.15) is 0 Å². The zero-order valence-electron chi connectivity index (χ0n) is 11.6. The quantitative estimate of drug-likeness (QED) is 0.634. The standard InChI is InChI=1S/C15H21NO4/c1-2-3-5-10-12(17)16-13(14(18)15(19)20)11-8-6-4-7-9-11/h4,6-9,13-14,18H,2-3,5,10H2,1H3,(H,16,17)(H,19,20). The van der Waals surface area contributed by atoms with E-state index in [1.54, 1.807) is 30.3 Å². The van der Waals surface area contributed by atoms with Crippen LogP contribution in [0.2, 0.25) is 0 Å². The molecule has 0 heterocycles. The predicted octanol–water partition coefficient (Wildman–Crippen LogP) is 1.87. The molecule has 3 N–H and O–H groups in total. The third-order valence-electron chi connectivity index (χ3n) is 3.05. The van der Waals surface area contributed by atoms with Gasteiger partial charge in [-0.15, -0.1) is 0 Å². The van der Waals surface area contributed by atoms with Crippen LogP contribution < -0.4 is 5.32 Å². The molecule has 2 atom stereocenters. The van der Waals surface area contributed by atoms with E-state index in [1.165, 1.54) is 0 Å². The topological polar surface area (TPSA) is 86.6 Å². The molecule has 1 aromatic carbocycles. The van der Waals surface area contributed by atoms with Crippen molar-refractivity contribution in [1.82, 2.24) is 5.32 Å². The number of hydrogen-bond acceptors (Lipinski definition) is 3. The van der Waals surface area contributed by atoms with Crippen LogP contribution in [0, 0.1) is 0 Å². The minimum Gasteiger partial charge on any atom is -0.479 e. The van der Waals surface area contributed by atoms with E-state index < -0.39 is 18.1 Å². The van der Waals surface area contributed by atoms with E-state index in [0.717, 1.165) is 19.3 Å². The third-order valence-corrected chi connectivity index (χ3v) is 3.05. The monoisotopic (exact) mass is 279 g/mol. The van der Waals surface area contributed by atoms with Gasteiger partial charge in [0.05, 0.1) is 6.04 Å². The summed E-state index contributed by atoms with van der Waals surface area (Å²) < 4.78 is 0. The van der Waals surface area contributed by atoms with Crippen molar-refractivity contribution in [2.75, 3.05) is 0 Å². The summed E-state index contributed by atoms with van der Waals surface area (Å²) in [4.78, 5) is 22.8. The zero-order valence-corrected chi connectivity index (χ0v) is 11.6. The summed E-state index contributed by atoms with van der Waals surface area (Å²) in [5.74, 6) is -1.60. The fourth-order valence-electron chi connectivity index (χ4n) is 1.93. The van der Waals surface area contributed by atoms with Crippen LogP contribution in [0.15, 0.2) is 30.3 Å². The summed E-state index contributed by atoms with van der Waals surface area (Å²) >= 11 is 0. The number of hydrogen-bond donors (Lipinski definition) is 3. The summed E-state index contributed by atoms with van der Waals surface area (Å²) in [7, 11) is 0. The summed E-state index contributed by atoms with van der Waals surface area (Å²) in [6.45, 7) is 2.04. The maximum Gasteiger partial charge on any atom is 0.335 e. The first-order valence-corrected chi connectivity index (χ1v) is 6.81. The van der Waals surface area contributed by atoms with Gasteiger partial charge in [-0.3, -0.25) is 4.79 Å². The van der Waals surface area contributed by atoms with Crippen LogP contribution in [-0.4, -0.2) is 28.2 Å². The molecule has 0 fully saturated rings. The van der Waals surface area contributed by atoms with Crippen LogP contribution in [0.1, 0.15) is 44.2 Å². The van der Waals surface area contributed by atoms with Gasteiger partial charge >= 0.3 is 5.97 Å². The molecule has 0 spiro atoms. The summed E-state index contributed by atoms with van der Waals surface area (Å²) in [5.41, 5.74) is 0.575. The van der Waals surface area contributed by atoms with Gasteiger partial charge in [-0.1, -0.05) is 50.1 Å². The van der Waals surface area contributed by atoms with Crippen LogP contribution >= 0.6 is 0 Å². The number of unbranched alkanes of at least 4 members (excludes halogenated alkanes) is 2. The molecule has 0 saturated carbocycles. The van der Waals surface area contributed by atoms with E-state index in [-0.39, 0.29) is 5.91 Å². The Labute approximate surface area is 118 Å². The lowest BCUT2D eigenvalue weighted by Gasteiger charge is -2.22. The Morgan fingerprint density at radius 3 is 2.40 bits per heavy atom. The Hall–Kier alpha value is -1.88. The maximum atomic E-state index is 11.8. The second-order valence-electron chi connectivity index (χ2n) is 4.70. The molecule has 5 nitrogen and oxygen atoms in total. The van der Waals surface area contributed by atoms with Gasteiger partial charge in [0.2, 0.25) is 5.91 Å². The maximum absolute atomic E-state index is 11.8. The minimum absolute atomic E-state index is 0.243. The fraction of sp³-hybridized carbons (Fsp3) is 0.467. The fourth-order valence-corrected chi connectivity index (χ4v) is 1.93. The molecular weight excluding hydrogens is 258 g/mol. The van der Waals surface area contributed by atoms with Crippen molar-refractivity contribution in [1.29, 1.82) is 0 Å². The van der Waals surface area contributed by atoms with E-state index in [9.17, 15) is 14.7 Å². The Bertz CT molecular complexity index is 433. The van der Waals surface area contributed by atoms with Gasteiger partial charge < -0.3 is 15.5 Å². The predicted molar refractivity (Wildman–Crippen MR) is 75.1 cm³/mol. The molecule has 0 aliphatic rings. The van der Waals surface area contributed by atoms with Gasteiger partial charge in [0, 0.05) is 6.42 Å². The summed E-state index contributed by atoms with van der Waals surface area (Å²) in [6.07, 6.45) is 1.39. The summed E-state index contributed by atoms with van der Waals surface area (Å²) in [6, 6.07) is 7.70. The average Bonchev–Trinajstić information content (AvgIpc) is 2.45. The SMILES string of the molecule is CCCCCC(=O)NC(c1ccccc1)C(O)C(=O)O. The molecule has 1 aromatic rings. The number of carbonyl (C=O) groups excluding carboxylic acids is 1. The number of nitrogens with one attached hydrogen (secondary N) is 1. The van der Waals surface area contributed by atoms with E-state index >= 15 is 0 Å². The van der Waals surface area contributed by atoms with E-state index in [2.05, 4.69) is 5.32 Å². The van der Waals surface area contributed by atoms with Crippen LogP contribution in [-0.2, 0) is 9.59 Å². The second-order valence-corrected chi connectivity index (χ2v) is 4.70. The molecule has 0 saturated heterocycles. The van der Waals surface area contributed by atoms with Gasteiger partial charge in [0.25, 0.3) is 0 Å². The normalized spacial score (nSPS) is 13.5. The molecule has 0 aromatic heterocycles. The minimum atomic E-state index is -1.66. The number of aliphatic hydroxyl groups excluding tert-OH is 1. The van der Waals surface area contributed by atoms with Gasteiger partial charge in [-0.25, -0.2) is 4.79 Å². The van der Waals surface area contributed by atoms with Gasteiger partial charge in [-0.05, 0) is 12.0 Å². The number of rotatable bonds is 8. The zero-order chi connectivity index (χ0) is 15.0. The van der Waals surface area contributed by atoms with Gasteiger partial charge in [0.1, 0.15) is 0 Å². The van der Waals surface area contributed by atoms with Crippen molar-refractivity contribution in [3.05, 3.63) is 35.9 Å². The first-order valence-electron chi connectivity index (χ1n) is 6.81. The molecule has 5 heteroatoms. The molecule has 0 aliphatic carbocycles. The number of aliphatic carboxylic acids is 1. The number of benzene rings is 1. The van der Waals surface area contributed by atoms with Gasteiger partial charge in [0.15, 0.2) is 6.10 Å². The lowest BCUT2D eigenvalue weighted by atomic mass is 10.0. The first-order chi connectivity index (χ1) is 9.56. The van der Waals surface area contributed by atoms with Crippen molar-refractivity contribution in [3.63, 3.8) is 0 Å². The molecule has 0 radical (unpaired) electrons. The first kappa shape index (κ1) is 16.2. The number of carbonyl (C=O) groups is 2. The van der Waals surface area contributed by atoms with Crippen molar-refractivity contribution in [2.24, 2.45) is 0 Å². The van der Waals surface area contributed by atoms with Crippen molar-refractivity contribution in [3.8, 4) is 0 Å². The van der Waals surface area contributed by atoms with Crippen LogP contribution in [0.3, 0.4) is 0 Å². The lowest BCUT2D eigenvalue weighted by molar-refractivity contribution is -0.148. The number of amides is 1. The Morgan fingerprint density at radius 2 is 1.85 bits per heavy atom. The van der Waals surface area contributed by atoms with Crippen molar-refractivity contribution >= 4 is 11.9 Å². The van der Waals surface area contributed by atoms with Crippen LogP contribution in [0.5, 0.6) is 0 Å². The molecule has 20 heavy (non-hydrogen) atoms. The van der Waals surface area contributed by atoms with E-state index in [4.69, 9.17) is 5.11 Å². The van der Waals surface area contributed by atoms with E-state index in [1.807, 2.05) is 6.92 Å². The highest BCUT2D eigenvalue weighted by atomic mass is 16.4. The molecule has 2 unspecified atom stereocenters. The van der Waals surface area contributed by atoms with Crippen LogP contribution in [0.4, 0.5) is 0 Å². The highest BCUT2D eigenvalue weighted by molar-refractivity contribution is 5.79. The highest BCUT2D eigenvalue weighted by Gasteiger charge is 2.28. The number of aliphatic hydroxyl groups is 1. The molecule has 1 rings (SSSR count). The van der Waals surface area contributed by atoms with Crippen LogP contribution in [0.25, 0.3) is 0 Å². The smallest absolute Gasteiger partial charge is 0.335 e. The lowest BCUT2D eigenvalue weighted by Crippen LogP contribution is -2.40. The average molecular weight is 279 g/mol. The largest absolute Gasteiger partial charge is 0.479 e. The summed E-state index contributed by atoms with van der Waals surface area (Å²) in [5, 5.41) is 21.3. The number of carboxylic acid groups (broad SMARTS) is 1. The Morgan fingerprint density at radius 1 is 1.20 bits per heavy atom. The number of carboxylic acids is 1. The molecule has 110 valence electrons. The van der Waals surface area contributed by atoms with Crippen molar-refractivity contribution < 1.29 is 19.8 Å². The highest BCUT2D eigenvalue weighted by Crippen LogP contribution is 2.17. The Kier molecular flexibility index (Phi) is 6.73. The van der Waals surface area contributed by atoms with E-state index in [0.29, 0.717) is 12.0 Å². The molecule has 1 amide bonds. The third kappa shape index (κ3) is 5.01. The second kappa shape index (κ2) is 8.32. The Balaban J connectivity index is 2.74. The molecule has 0 bridgehead atoms. The molecular formula is C15H21NO4. The van der Waals surface area contributed by atoms with Crippen molar-refractivity contribution in [2.45, 2.75) is 44.8 Å².